The molecule has 2 rings (SSSR count). The number of halogens is 1. The van der Waals surface area contributed by atoms with E-state index in [1.54, 1.807) is 18.0 Å². The van der Waals surface area contributed by atoms with E-state index in [4.69, 9.17) is 11.6 Å². The SMILES string of the molecule is CN(Cc1ccc(Cl)s1)C(=O)CC1(C(=O)O)CCC1. The van der Waals surface area contributed by atoms with Crippen LogP contribution in [0.5, 0.6) is 0 Å². The summed E-state index contributed by atoms with van der Waals surface area (Å²) in [6.45, 7) is 0.478. The maximum atomic E-state index is 12.1. The van der Waals surface area contributed by atoms with Gasteiger partial charge in [0.05, 0.1) is 16.3 Å². The van der Waals surface area contributed by atoms with Gasteiger partial charge in [0, 0.05) is 18.3 Å². The maximum absolute atomic E-state index is 12.1. The lowest BCUT2D eigenvalue weighted by Gasteiger charge is -2.37. The lowest BCUT2D eigenvalue weighted by Crippen LogP contribution is -2.42. The van der Waals surface area contributed by atoms with E-state index in [0.717, 1.165) is 11.3 Å². The molecule has 104 valence electrons. The van der Waals surface area contributed by atoms with Gasteiger partial charge >= 0.3 is 5.97 Å². The molecule has 0 unspecified atom stereocenters. The standard InChI is InChI=1S/C13H16ClNO3S/c1-15(8-9-3-4-10(14)19-9)11(16)7-13(12(17)18)5-2-6-13/h3-4H,2,5-8H2,1H3,(H,17,18). The number of carbonyl (C=O) groups is 2. The average Bonchev–Trinajstić information content (AvgIpc) is 2.68. The second kappa shape index (κ2) is 5.51. The van der Waals surface area contributed by atoms with E-state index in [0.29, 0.717) is 23.7 Å². The van der Waals surface area contributed by atoms with Crippen LogP contribution in [0, 0.1) is 5.41 Å². The second-order valence-corrected chi connectivity index (χ2v) is 6.87. The van der Waals surface area contributed by atoms with Crippen LogP contribution in [0.2, 0.25) is 4.34 Å². The lowest BCUT2D eigenvalue weighted by molar-refractivity contribution is -0.159. The molecule has 1 heterocycles. The Kier molecular flexibility index (Phi) is 4.16. The summed E-state index contributed by atoms with van der Waals surface area (Å²) in [5.74, 6) is -0.966. The smallest absolute Gasteiger partial charge is 0.310 e. The molecule has 0 spiro atoms. The van der Waals surface area contributed by atoms with E-state index in [2.05, 4.69) is 0 Å². The highest BCUT2D eigenvalue weighted by molar-refractivity contribution is 7.16. The number of hydrogen-bond acceptors (Lipinski definition) is 3. The molecular formula is C13H16ClNO3S. The molecule has 1 fully saturated rings. The number of hydrogen-bond donors (Lipinski definition) is 1. The Morgan fingerprint density at radius 3 is 2.58 bits per heavy atom. The number of thiophene rings is 1. The first-order valence-corrected chi connectivity index (χ1v) is 7.34. The minimum Gasteiger partial charge on any atom is -0.481 e. The predicted octanol–water partition coefficient (Wildman–Crippen LogP) is 3.00. The molecule has 0 aromatic carbocycles. The van der Waals surface area contributed by atoms with Crippen molar-refractivity contribution in [3.8, 4) is 0 Å². The molecule has 1 N–H and O–H groups in total. The van der Waals surface area contributed by atoms with Gasteiger partial charge in [-0.2, -0.15) is 0 Å². The van der Waals surface area contributed by atoms with Gasteiger partial charge in [-0.05, 0) is 25.0 Å². The Morgan fingerprint density at radius 1 is 1.47 bits per heavy atom. The molecule has 1 amide bonds. The van der Waals surface area contributed by atoms with E-state index < -0.39 is 11.4 Å². The van der Waals surface area contributed by atoms with Gasteiger partial charge in [0.25, 0.3) is 0 Å². The van der Waals surface area contributed by atoms with Crippen molar-refractivity contribution in [2.45, 2.75) is 32.2 Å². The molecule has 1 saturated carbocycles. The molecule has 1 aliphatic rings. The van der Waals surface area contributed by atoms with Crippen LogP contribution in [-0.2, 0) is 16.1 Å². The summed E-state index contributed by atoms with van der Waals surface area (Å²) in [5.41, 5.74) is -0.821. The predicted molar refractivity (Wildman–Crippen MR) is 74.3 cm³/mol. The van der Waals surface area contributed by atoms with Gasteiger partial charge in [-0.25, -0.2) is 0 Å². The van der Waals surface area contributed by atoms with Crippen molar-refractivity contribution < 1.29 is 14.7 Å². The van der Waals surface area contributed by atoms with Gasteiger partial charge in [0.1, 0.15) is 0 Å². The first-order chi connectivity index (χ1) is 8.93. The number of carboxylic acid groups (broad SMARTS) is 1. The summed E-state index contributed by atoms with van der Waals surface area (Å²) in [7, 11) is 1.70. The lowest BCUT2D eigenvalue weighted by atomic mass is 9.66. The van der Waals surface area contributed by atoms with Crippen molar-refractivity contribution in [3.05, 3.63) is 21.3 Å². The van der Waals surface area contributed by atoms with Crippen LogP contribution in [0.15, 0.2) is 12.1 Å². The van der Waals surface area contributed by atoms with Crippen molar-refractivity contribution in [2.24, 2.45) is 5.41 Å². The zero-order valence-corrected chi connectivity index (χ0v) is 12.3. The highest BCUT2D eigenvalue weighted by Gasteiger charge is 2.46. The van der Waals surface area contributed by atoms with Crippen LogP contribution >= 0.6 is 22.9 Å². The quantitative estimate of drug-likeness (QED) is 0.909. The zero-order chi connectivity index (χ0) is 14.0. The van der Waals surface area contributed by atoms with Gasteiger partial charge in [0.2, 0.25) is 5.91 Å². The Labute approximate surface area is 121 Å². The topological polar surface area (TPSA) is 57.6 Å². The first kappa shape index (κ1) is 14.3. The largest absolute Gasteiger partial charge is 0.481 e. The highest BCUT2D eigenvalue weighted by atomic mass is 35.5. The van der Waals surface area contributed by atoms with E-state index in [1.807, 2.05) is 6.07 Å². The van der Waals surface area contributed by atoms with E-state index in [1.165, 1.54) is 11.3 Å². The fourth-order valence-corrected chi connectivity index (χ4v) is 3.39. The van der Waals surface area contributed by atoms with E-state index >= 15 is 0 Å². The molecule has 0 bridgehead atoms. The normalized spacial score (nSPS) is 16.7. The van der Waals surface area contributed by atoms with Gasteiger partial charge < -0.3 is 10.0 Å². The molecule has 6 heteroatoms. The fraction of sp³-hybridized carbons (Fsp3) is 0.538. The Bertz CT molecular complexity index is 496. The highest BCUT2D eigenvalue weighted by Crippen LogP contribution is 2.44. The molecule has 0 atom stereocenters. The van der Waals surface area contributed by atoms with Crippen LogP contribution in [0.25, 0.3) is 0 Å². The number of amides is 1. The van der Waals surface area contributed by atoms with Gasteiger partial charge in [-0.1, -0.05) is 18.0 Å². The fourth-order valence-electron chi connectivity index (χ4n) is 2.25. The maximum Gasteiger partial charge on any atom is 0.310 e. The molecule has 19 heavy (non-hydrogen) atoms. The summed E-state index contributed by atoms with van der Waals surface area (Å²) < 4.78 is 0.692. The molecule has 0 radical (unpaired) electrons. The third kappa shape index (κ3) is 3.09. The zero-order valence-electron chi connectivity index (χ0n) is 10.7. The summed E-state index contributed by atoms with van der Waals surface area (Å²) in [4.78, 5) is 25.9. The van der Waals surface area contributed by atoms with E-state index in [-0.39, 0.29) is 12.3 Å². The van der Waals surface area contributed by atoms with Crippen molar-refractivity contribution in [2.75, 3.05) is 7.05 Å². The molecule has 1 aromatic heterocycles. The van der Waals surface area contributed by atoms with Crippen LogP contribution < -0.4 is 0 Å². The molecule has 0 aliphatic heterocycles. The van der Waals surface area contributed by atoms with Crippen LogP contribution in [0.3, 0.4) is 0 Å². The van der Waals surface area contributed by atoms with E-state index in [9.17, 15) is 14.7 Å². The summed E-state index contributed by atoms with van der Waals surface area (Å²) >= 11 is 7.27. The number of aliphatic carboxylic acids is 1. The molecule has 1 aliphatic carbocycles. The number of carbonyl (C=O) groups excluding carboxylic acids is 1. The Morgan fingerprint density at radius 2 is 2.16 bits per heavy atom. The summed E-state index contributed by atoms with van der Waals surface area (Å²) in [6.07, 6.45) is 2.20. The van der Waals surface area contributed by atoms with Gasteiger partial charge in [0.15, 0.2) is 0 Å². The molecule has 1 aromatic rings. The van der Waals surface area contributed by atoms with Gasteiger partial charge in [-0.15, -0.1) is 11.3 Å². The van der Waals surface area contributed by atoms with Crippen molar-refractivity contribution in [1.82, 2.24) is 4.90 Å². The van der Waals surface area contributed by atoms with Crippen LogP contribution in [0.1, 0.15) is 30.6 Å². The number of nitrogens with zero attached hydrogens (tertiary/aromatic N) is 1. The number of carboxylic acids is 1. The van der Waals surface area contributed by atoms with Crippen LogP contribution in [0.4, 0.5) is 0 Å². The average molecular weight is 302 g/mol. The van der Waals surface area contributed by atoms with Crippen molar-refractivity contribution >= 4 is 34.8 Å². The molecule has 0 saturated heterocycles. The minimum atomic E-state index is -0.848. The van der Waals surface area contributed by atoms with Crippen molar-refractivity contribution in [1.29, 1.82) is 0 Å². The number of rotatable bonds is 5. The molecule has 4 nitrogen and oxygen atoms in total. The monoisotopic (exact) mass is 301 g/mol. The Hall–Kier alpha value is -1.07. The van der Waals surface area contributed by atoms with Gasteiger partial charge in [-0.3, -0.25) is 9.59 Å². The first-order valence-electron chi connectivity index (χ1n) is 6.14. The minimum absolute atomic E-state index is 0.0952. The Balaban J connectivity index is 1.94. The third-order valence-corrected chi connectivity index (χ3v) is 4.92. The summed E-state index contributed by atoms with van der Waals surface area (Å²) in [5, 5.41) is 9.22. The third-order valence-electron chi connectivity index (χ3n) is 3.70. The second-order valence-electron chi connectivity index (χ2n) is 5.07. The van der Waals surface area contributed by atoms with Crippen LogP contribution in [-0.4, -0.2) is 28.9 Å². The van der Waals surface area contributed by atoms with Crippen molar-refractivity contribution in [3.63, 3.8) is 0 Å². The summed E-state index contributed by atoms with van der Waals surface area (Å²) in [6, 6.07) is 3.68. The molecular weight excluding hydrogens is 286 g/mol.